The summed E-state index contributed by atoms with van der Waals surface area (Å²) in [4.78, 5) is 0. The minimum atomic E-state index is 0.230. The average Bonchev–Trinajstić information content (AvgIpc) is 3.02. The molecule has 0 aromatic heterocycles. The number of hydrogen-bond acceptors (Lipinski definition) is 5. The maximum atomic E-state index is 5.35. The number of halogens is 1. The van der Waals surface area contributed by atoms with Gasteiger partial charge in [-0.05, 0) is 52.4 Å². The number of fused-ring (bicyclic) bond motifs is 1. The number of rotatable bonds is 4. The van der Waals surface area contributed by atoms with Gasteiger partial charge in [0.2, 0.25) is 6.79 Å². The van der Waals surface area contributed by atoms with Gasteiger partial charge in [0, 0.05) is 10.0 Å². The fraction of sp³-hybridized carbons (Fsp3) is 0.125. The summed E-state index contributed by atoms with van der Waals surface area (Å²) in [6.45, 7) is 0.230. The van der Waals surface area contributed by atoms with Gasteiger partial charge in [-0.2, -0.15) is 5.10 Å². The molecule has 1 aliphatic heterocycles. The number of para-hydroxylation sites is 2. The van der Waals surface area contributed by atoms with E-state index in [1.165, 1.54) is 0 Å². The number of nitrogens with zero attached hydrogens (tertiary/aromatic N) is 1. The lowest BCUT2D eigenvalue weighted by molar-refractivity contribution is 0.174. The van der Waals surface area contributed by atoms with E-state index < -0.39 is 0 Å². The zero-order valence-corrected chi connectivity index (χ0v) is 15.1. The predicted molar refractivity (Wildman–Crippen MR) is 100 cm³/mol. The van der Waals surface area contributed by atoms with Gasteiger partial charge in [0.1, 0.15) is 5.75 Å². The highest BCUT2D eigenvalue weighted by molar-refractivity contribution is 9.10. The minimum absolute atomic E-state index is 0.230. The van der Waals surface area contributed by atoms with Crippen LogP contribution in [0, 0.1) is 0 Å². The molecule has 1 aliphatic rings. The molecule has 0 fully saturated rings. The van der Waals surface area contributed by atoms with Gasteiger partial charge in [-0.3, -0.25) is 5.43 Å². The Hall–Kier alpha value is -2.32. The highest BCUT2D eigenvalue weighted by Gasteiger charge is 2.15. The fourth-order valence-electron chi connectivity index (χ4n) is 2.09. The van der Waals surface area contributed by atoms with Gasteiger partial charge in [-0.1, -0.05) is 12.1 Å². The summed E-state index contributed by atoms with van der Waals surface area (Å²) in [7, 11) is 1.60. The summed E-state index contributed by atoms with van der Waals surface area (Å²) in [6, 6.07) is 11.2. The number of nitrogens with one attached hydrogen (secondary N) is 2. The molecule has 8 heteroatoms. The molecule has 2 aromatic carbocycles. The third-order valence-corrected chi connectivity index (χ3v) is 4.10. The molecule has 0 saturated heterocycles. The first kappa shape index (κ1) is 16.5. The van der Waals surface area contributed by atoms with E-state index >= 15 is 0 Å². The van der Waals surface area contributed by atoms with Crippen LogP contribution in [-0.4, -0.2) is 25.2 Å². The number of hydrogen-bond donors (Lipinski definition) is 2. The van der Waals surface area contributed by atoms with Gasteiger partial charge >= 0.3 is 0 Å². The van der Waals surface area contributed by atoms with E-state index in [9.17, 15) is 0 Å². The van der Waals surface area contributed by atoms with Crippen molar-refractivity contribution in [2.24, 2.45) is 5.10 Å². The molecule has 1 heterocycles. The van der Waals surface area contributed by atoms with Gasteiger partial charge in [0.25, 0.3) is 0 Å². The lowest BCUT2D eigenvalue weighted by Gasteiger charge is -2.10. The Morgan fingerprint density at radius 2 is 2.04 bits per heavy atom. The second-order valence-corrected chi connectivity index (χ2v) is 6.01. The van der Waals surface area contributed by atoms with Crippen molar-refractivity contribution in [2.45, 2.75) is 0 Å². The second kappa shape index (κ2) is 7.50. The summed E-state index contributed by atoms with van der Waals surface area (Å²) in [5, 5.41) is 7.52. The highest BCUT2D eigenvalue weighted by atomic mass is 79.9. The molecule has 0 spiro atoms. The van der Waals surface area contributed by atoms with Crippen LogP contribution in [0.4, 0.5) is 5.69 Å². The van der Waals surface area contributed by atoms with Crippen LogP contribution in [0.25, 0.3) is 0 Å². The first-order valence-corrected chi connectivity index (χ1v) is 8.19. The molecule has 24 heavy (non-hydrogen) atoms. The molecule has 2 aromatic rings. The summed E-state index contributed by atoms with van der Waals surface area (Å²) < 4.78 is 16.8. The van der Waals surface area contributed by atoms with E-state index in [4.69, 9.17) is 26.4 Å². The summed E-state index contributed by atoms with van der Waals surface area (Å²) in [5.41, 5.74) is 4.37. The van der Waals surface area contributed by atoms with Crippen molar-refractivity contribution in [1.82, 2.24) is 5.43 Å². The fourth-order valence-corrected chi connectivity index (χ4v) is 2.68. The summed E-state index contributed by atoms with van der Waals surface area (Å²) in [5.74, 6) is 2.10. The van der Waals surface area contributed by atoms with E-state index in [2.05, 4.69) is 31.8 Å². The number of benzene rings is 2. The van der Waals surface area contributed by atoms with Gasteiger partial charge in [0.15, 0.2) is 16.6 Å². The molecule has 124 valence electrons. The Labute approximate surface area is 152 Å². The second-order valence-electron chi connectivity index (χ2n) is 4.75. The highest BCUT2D eigenvalue weighted by Crippen LogP contribution is 2.36. The van der Waals surface area contributed by atoms with Crippen molar-refractivity contribution in [3.63, 3.8) is 0 Å². The van der Waals surface area contributed by atoms with Crippen LogP contribution in [0.5, 0.6) is 17.2 Å². The Morgan fingerprint density at radius 1 is 1.29 bits per heavy atom. The molecule has 0 saturated carbocycles. The Bertz CT molecular complexity index is 798. The molecule has 0 bridgehead atoms. The van der Waals surface area contributed by atoms with Crippen molar-refractivity contribution in [3.05, 3.63) is 46.4 Å². The maximum absolute atomic E-state index is 5.35. The van der Waals surface area contributed by atoms with Crippen LogP contribution in [0.3, 0.4) is 0 Å². The van der Waals surface area contributed by atoms with Crippen molar-refractivity contribution in [3.8, 4) is 17.2 Å². The standard InChI is InChI=1S/C16H14BrN3O3S/c1-21-13-5-3-2-4-12(13)19-16(24)20-18-8-10-6-14-15(7-11(10)17)23-9-22-14/h2-8H,9H2,1H3,(H2,19,20,24)/b18-8-. The maximum Gasteiger partial charge on any atom is 0.231 e. The van der Waals surface area contributed by atoms with Crippen molar-refractivity contribution >= 4 is 45.2 Å². The Kier molecular flexibility index (Phi) is 5.17. The first-order chi connectivity index (χ1) is 11.7. The molecule has 0 amide bonds. The lowest BCUT2D eigenvalue weighted by Crippen LogP contribution is -2.24. The molecule has 0 radical (unpaired) electrons. The average molecular weight is 408 g/mol. The summed E-state index contributed by atoms with van der Waals surface area (Å²) >= 11 is 8.69. The Balaban J connectivity index is 1.63. The van der Waals surface area contributed by atoms with E-state index in [-0.39, 0.29) is 6.79 Å². The third kappa shape index (κ3) is 3.77. The van der Waals surface area contributed by atoms with Crippen LogP contribution in [0.1, 0.15) is 5.56 Å². The van der Waals surface area contributed by atoms with Crippen molar-refractivity contribution in [2.75, 3.05) is 19.2 Å². The van der Waals surface area contributed by atoms with Crippen molar-refractivity contribution < 1.29 is 14.2 Å². The van der Waals surface area contributed by atoms with E-state index in [1.807, 2.05) is 36.4 Å². The smallest absolute Gasteiger partial charge is 0.231 e. The lowest BCUT2D eigenvalue weighted by atomic mass is 10.2. The predicted octanol–water partition coefficient (Wildman–Crippen LogP) is 3.51. The molecule has 0 aliphatic carbocycles. The molecular weight excluding hydrogens is 394 g/mol. The number of hydrazone groups is 1. The van der Waals surface area contributed by atoms with E-state index in [0.717, 1.165) is 15.7 Å². The van der Waals surface area contributed by atoms with Crippen LogP contribution in [-0.2, 0) is 0 Å². The normalized spacial score (nSPS) is 12.2. The molecule has 0 unspecified atom stereocenters. The zero-order valence-electron chi connectivity index (χ0n) is 12.7. The molecule has 0 atom stereocenters. The molecule has 6 nitrogen and oxygen atoms in total. The quantitative estimate of drug-likeness (QED) is 0.459. The van der Waals surface area contributed by atoms with Gasteiger partial charge in [-0.25, -0.2) is 0 Å². The monoisotopic (exact) mass is 407 g/mol. The number of methoxy groups -OCH3 is 1. The number of thiocarbonyl (C=S) groups is 1. The van der Waals surface area contributed by atoms with Crippen LogP contribution in [0.2, 0.25) is 0 Å². The summed E-state index contributed by atoms with van der Waals surface area (Å²) in [6.07, 6.45) is 1.64. The molecule has 2 N–H and O–H groups in total. The number of anilines is 1. The van der Waals surface area contributed by atoms with E-state index in [0.29, 0.717) is 22.4 Å². The van der Waals surface area contributed by atoms with Crippen LogP contribution in [0.15, 0.2) is 46.0 Å². The number of ether oxygens (including phenoxy) is 3. The first-order valence-electron chi connectivity index (χ1n) is 6.99. The van der Waals surface area contributed by atoms with Crippen molar-refractivity contribution in [1.29, 1.82) is 0 Å². The minimum Gasteiger partial charge on any atom is -0.495 e. The largest absolute Gasteiger partial charge is 0.495 e. The topological polar surface area (TPSA) is 64.1 Å². The SMILES string of the molecule is COc1ccccc1NC(=S)N/N=C\c1cc2c(cc1Br)OCO2. The van der Waals surface area contributed by atoms with Gasteiger partial charge in [0.05, 0.1) is 19.0 Å². The third-order valence-electron chi connectivity index (χ3n) is 3.22. The van der Waals surface area contributed by atoms with E-state index in [1.54, 1.807) is 13.3 Å². The zero-order chi connectivity index (χ0) is 16.9. The van der Waals surface area contributed by atoms with Crippen LogP contribution < -0.4 is 25.0 Å². The van der Waals surface area contributed by atoms with Gasteiger partial charge < -0.3 is 19.5 Å². The Morgan fingerprint density at radius 3 is 2.83 bits per heavy atom. The van der Waals surface area contributed by atoms with Gasteiger partial charge in [-0.15, -0.1) is 0 Å². The van der Waals surface area contributed by atoms with Crippen LogP contribution >= 0.6 is 28.1 Å². The molecular formula is C16H14BrN3O3S. The molecule has 3 rings (SSSR count).